The lowest BCUT2D eigenvalue weighted by atomic mass is 9.78. The summed E-state index contributed by atoms with van der Waals surface area (Å²) < 4.78 is 29.5. The first-order valence-electron chi connectivity index (χ1n) is 25.6. The molecule has 15 atom stereocenters. The zero-order valence-corrected chi connectivity index (χ0v) is 43.8. The van der Waals surface area contributed by atoms with Crippen LogP contribution < -0.4 is 0 Å². The van der Waals surface area contributed by atoms with Gasteiger partial charge in [0.1, 0.15) is 30.1 Å². The fourth-order valence-electron chi connectivity index (χ4n) is 10.9. The van der Waals surface area contributed by atoms with Gasteiger partial charge in [0.15, 0.2) is 0 Å². The maximum absolute atomic E-state index is 14.5. The van der Waals surface area contributed by atoms with Gasteiger partial charge in [-0.25, -0.2) is 4.79 Å². The molecule has 1 aliphatic carbocycles. The van der Waals surface area contributed by atoms with Gasteiger partial charge in [0.25, 0.3) is 11.7 Å². The van der Waals surface area contributed by atoms with Crippen LogP contribution in [0, 0.1) is 35.5 Å². The molecule has 390 valence electrons. The number of aliphatic hydroxyl groups is 3. The van der Waals surface area contributed by atoms with E-state index in [0.29, 0.717) is 70.1 Å². The number of esters is 1. The normalized spacial score (nSPS) is 38.9. The second-order valence-electron chi connectivity index (χ2n) is 21.0. The molecule has 1 amide bonds. The Kier molecular flexibility index (Phi) is 23.2. The molecule has 0 aromatic heterocycles. The fourth-order valence-corrected chi connectivity index (χ4v) is 10.9. The van der Waals surface area contributed by atoms with Crippen molar-refractivity contribution in [2.45, 2.75) is 180 Å². The molecule has 14 nitrogen and oxygen atoms in total. The monoisotopic (exact) mass is 969 g/mol. The number of carbonyl (C=O) groups is 4. The van der Waals surface area contributed by atoms with Gasteiger partial charge in [-0.15, -0.1) is 0 Å². The molecule has 3 heterocycles. The van der Waals surface area contributed by atoms with Gasteiger partial charge in [-0.1, -0.05) is 83.2 Å². The van der Waals surface area contributed by atoms with E-state index in [0.717, 1.165) is 24.0 Å². The van der Waals surface area contributed by atoms with Crippen LogP contribution in [-0.4, -0.2) is 151 Å². The van der Waals surface area contributed by atoms with Gasteiger partial charge < -0.3 is 43.9 Å². The molecule has 69 heavy (non-hydrogen) atoms. The van der Waals surface area contributed by atoms with E-state index in [9.17, 15) is 34.5 Å². The minimum absolute atomic E-state index is 0.00137. The fraction of sp³-hybridized carbons (Fsp3) is 0.745. The molecule has 4 aliphatic rings. The summed E-state index contributed by atoms with van der Waals surface area (Å²) in [4.78, 5) is 60.9. The predicted octanol–water partition coefficient (Wildman–Crippen LogP) is 7.10. The summed E-state index contributed by atoms with van der Waals surface area (Å²) in [6, 6.07) is -1.27. The van der Waals surface area contributed by atoms with Crippen LogP contribution in [0.1, 0.15) is 126 Å². The highest BCUT2D eigenvalue weighted by Gasteiger charge is 2.53. The number of methoxy groups -OCH3 is 3. The standard InChI is InChI=1S/C55H88N2O12/c1-34-18-14-13-15-19-35(2)45(56(9)26-27-65-10)32-43-23-21-40(7)55(64,69-43)52(61)53(62)57-25-17-16-20-44(57)54(63)68-48(38(5)30-42-22-24-46(58)49(31-42)66-11)33-47(59)37(4)29-39(6)50(60)51(67-12)41(8)36(3)28-34/h13-15,18-19,29,34,36-38,40,42-46,48-51,58,60,64H,8,16-17,20-28,30-33H2,1-7,9-12H3/b15-13+,18-14+,35-19+,39-29+. The molecule has 0 radical (unpaired) electrons. The van der Waals surface area contributed by atoms with Crippen LogP contribution in [0.5, 0.6) is 0 Å². The molecular weight excluding hydrogens is 881 g/mol. The molecule has 1 saturated carbocycles. The number of hydrogen-bond donors (Lipinski definition) is 3. The summed E-state index contributed by atoms with van der Waals surface area (Å²) in [6.45, 7) is 19.0. The number of Topliss-reactive ketones (excluding diaryl/α,β-unsaturated/α-hetero) is 2. The average molecular weight is 969 g/mol. The molecular formula is C55H88N2O12. The minimum atomic E-state index is -2.42. The van der Waals surface area contributed by atoms with E-state index in [2.05, 4.69) is 31.4 Å². The van der Waals surface area contributed by atoms with E-state index in [1.807, 2.05) is 45.2 Å². The van der Waals surface area contributed by atoms with E-state index in [1.165, 1.54) is 4.90 Å². The first-order valence-corrected chi connectivity index (χ1v) is 25.6. The molecule has 0 aromatic carbocycles. The van der Waals surface area contributed by atoms with Crippen LogP contribution in [0.25, 0.3) is 0 Å². The zero-order chi connectivity index (χ0) is 51.2. The number of aliphatic hydroxyl groups excluding tert-OH is 2. The molecule has 2 saturated heterocycles. The first-order chi connectivity index (χ1) is 32.7. The van der Waals surface area contributed by atoms with Gasteiger partial charge in [0.05, 0.1) is 24.9 Å². The topological polar surface area (TPSA) is 182 Å². The molecule has 4 rings (SSSR count). The van der Waals surface area contributed by atoms with Crippen LogP contribution in [0.15, 0.2) is 59.8 Å². The van der Waals surface area contributed by atoms with Crippen molar-refractivity contribution in [2.24, 2.45) is 35.5 Å². The molecule has 15 unspecified atom stereocenters. The number of carbonyl (C=O) groups excluding carboxylic acids is 4. The SMILES string of the molecule is C=C1C(C)CC(C)/C=C/C=C/C=C(\C)C(N(C)CCOC)CC2CCC(C)C(O)(O2)C(=O)C(=O)N2CCCCC2C(=O)OC(C(C)CC2CCC(O)C(OC)C2)CC(=O)C(C)/C=C(\C)C(O)C1OC. The van der Waals surface area contributed by atoms with Crippen molar-refractivity contribution in [2.75, 3.05) is 48.1 Å². The molecule has 14 heteroatoms. The van der Waals surface area contributed by atoms with Gasteiger partial charge in [-0.05, 0) is 126 Å². The number of hydrogen-bond acceptors (Lipinski definition) is 13. The summed E-state index contributed by atoms with van der Waals surface area (Å²) >= 11 is 0. The smallest absolute Gasteiger partial charge is 0.329 e. The van der Waals surface area contributed by atoms with Crippen molar-refractivity contribution in [3.63, 3.8) is 0 Å². The van der Waals surface area contributed by atoms with Gasteiger partial charge in [0.2, 0.25) is 5.79 Å². The van der Waals surface area contributed by atoms with E-state index in [-0.39, 0.29) is 61.0 Å². The molecule has 3 fully saturated rings. The highest BCUT2D eigenvalue weighted by molar-refractivity contribution is 6.39. The molecule has 2 bridgehead atoms. The Morgan fingerprint density at radius 1 is 0.913 bits per heavy atom. The number of nitrogens with zero attached hydrogens (tertiary/aromatic N) is 2. The second kappa shape index (κ2) is 27.5. The van der Waals surface area contributed by atoms with Gasteiger partial charge >= 0.3 is 5.97 Å². The van der Waals surface area contributed by atoms with Crippen molar-refractivity contribution in [3.8, 4) is 0 Å². The quantitative estimate of drug-likeness (QED) is 0.121. The number of ether oxygens (including phenoxy) is 5. The van der Waals surface area contributed by atoms with E-state index < -0.39 is 71.8 Å². The van der Waals surface area contributed by atoms with Crippen LogP contribution in [-0.2, 0) is 42.9 Å². The van der Waals surface area contributed by atoms with E-state index >= 15 is 0 Å². The van der Waals surface area contributed by atoms with Crippen molar-refractivity contribution in [1.29, 1.82) is 0 Å². The number of allylic oxidation sites excluding steroid dienone is 6. The zero-order valence-electron chi connectivity index (χ0n) is 43.8. The third-order valence-corrected chi connectivity index (χ3v) is 15.6. The summed E-state index contributed by atoms with van der Waals surface area (Å²) in [5, 5.41) is 34.3. The third-order valence-electron chi connectivity index (χ3n) is 15.6. The first kappa shape index (κ1) is 58.2. The summed E-state index contributed by atoms with van der Waals surface area (Å²) in [5.74, 6) is -6.80. The summed E-state index contributed by atoms with van der Waals surface area (Å²) in [7, 11) is 6.78. The summed E-state index contributed by atoms with van der Waals surface area (Å²) in [5.41, 5.74) is 2.33. The van der Waals surface area contributed by atoms with Crippen molar-refractivity contribution >= 4 is 23.4 Å². The minimum Gasteiger partial charge on any atom is -0.460 e. The number of fused-ring (bicyclic) bond motifs is 3. The van der Waals surface area contributed by atoms with Crippen molar-refractivity contribution in [3.05, 3.63) is 59.8 Å². The van der Waals surface area contributed by atoms with Crippen molar-refractivity contribution in [1.82, 2.24) is 9.80 Å². The number of rotatable bonds is 9. The average Bonchev–Trinajstić information content (AvgIpc) is 3.32. The highest BCUT2D eigenvalue weighted by atomic mass is 16.6. The molecule has 0 spiro atoms. The van der Waals surface area contributed by atoms with Crippen LogP contribution in [0.4, 0.5) is 0 Å². The number of cyclic esters (lactones) is 1. The van der Waals surface area contributed by atoms with E-state index in [4.69, 9.17) is 23.7 Å². The van der Waals surface area contributed by atoms with Crippen molar-refractivity contribution < 1.29 is 58.2 Å². The van der Waals surface area contributed by atoms with Crippen LogP contribution in [0.2, 0.25) is 0 Å². The number of piperidine rings is 1. The lowest BCUT2D eigenvalue weighted by Gasteiger charge is -2.43. The van der Waals surface area contributed by atoms with Gasteiger partial charge in [-0.2, -0.15) is 0 Å². The Hall–Kier alpha value is -3.34. The number of ketones is 2. The number of amides is 1. The Bertz CT molecular complexity index is 1840. The Morgan fingerprint density at radius 3 is 2.32 bits per heavy atom. The number of likely N-dealkylation sites (N-methyl/N-ethyl adjacent to an activating group) is 1. The van der Waals surface area contributed by atoms with Gasteiger partial charge in [0, 0.05) is 58.7 Å². The van der Waals surface area contributed by atoms with Crippen LogP contribution in [0.3, 0.4) is 0 Å². The Balaban J connectivity index is 1.73. The lowest BCUT2D eigenvalue weighted by molar-refractivity contribution is -0.264. The van der Waals surface area contributed by atoms with Crippen LogP contribution >= 0.6 is 0 Å². The predicted molar refractivity (Wildman–Crippen MR) is 267 cm³/mol. The Morgan fingerprint density at radius 2 is 1.64 bits per heavy atom. The van der Waals surface area contributed by atoms with Gasteiger partial charge in [-0.3, -0.25) is 19.3 Å². The third kappa shape index (κ3) is 15.8. The maximum Gasteiger partial charge on any atom is 0.329 e. The summed E-state index contributed by atoms with van der Waals surface area (Å²) in [6.07, 6.45) is 13.7. The molecule has 0 aromatic rings. The molecule has 3 aliphatic heterocycles. The second-order valence-corrected chi connectivity index (χ2v) is 21.0. The maximum atomic E-state index is 14.5. The molecule has 3 N–H and O–H groups in total. The Labute approximate surface area is 413 Å². The van der Waals surface area contributed by atoms with E-state index in [1.54, 1.807) is 48.2 Å². The lowest BCUT2D eigenvalue weighted by Crippen LogP contribution is -2.61. The largest absolute Gasteiger partial charge is 0.460 e. The highest BCUT2D eigenvalue weighted by Crippen LogP contribution is 2.38.